The summed E-state index contributed by atoms with van der Waals surface area (Å²) in [6.45, 7) is 0. The lowest BCUT2D eigenvalue weighted by atomic mass is 10.1. The van der Waals surface area contributed by atoms with Gasteiger partial charge in [0.15, 0.2) is 5.82 Å². The molecule has 6 heteroatoms. The highest BCUT2D eigenvalue weighted by Crippen LogP contribution is 2.25. The Morgan fingerprint density at radius 1 is 1.00 bits per heavy atom. The Balaban J connectivity index is 2.31. The number of nitrogens with two attached hydrogens (primary N) is 1. The van der Waals surface area contributed by atoms with Crippen LogP contribution in [0.15, 0.2) is 36.5 Å². The van der Waals surface area contributed by atoms with Crippen LogP contribution in [0.4, 0.5) is 5.95 Å². The molecule has 1 aromatic carbocycles. The Morgan fingerprint density at radius 3 is 2.67 bits per heavy atom. The monoisotopic (exact) mass is 257 g/mol. The predicted octanol–water partition coefficient (Wildman–Crippen LogP) is 2.32. The number of pyridine rings is 1. The highest BCUT2D eigenvalue weighted by atomic mass is 35.5. The molecular weight excluding hydrogens is 250 g/mol. The summed E-state index contributed by atoms with van der Waals surface area (Å²) in [4.78, 5) is 16.2. The lowest BCUT2D eigenvalue weighted by Gasteiger charge is -2.05. The Morgan fingerprint density at radius 2 is 1.83 bits per heavy atom. The third-order valence-corrected chi connectivity index (χ3v) is 2.68. The predicted molar refractivity (Wildman–Crippen MR) is 70.0 cm³/mol. The fraction of sp³-hybridized carbons (Fsp3) is 0. The largest absolute Gasteiger partial charge is 0.368 e. The van der Waals surface area contributed by atoms with Crippen molar-refractivity contribution in [2.45, 2.75) is 0 Å². The van der Waals surface area contributed by atoms with E-state index >= 15 is 0 Å². The van der Waals surface area contributed by atoms with Crippen LogP contribution < -0.4 is 5.73 Å². The number of nitrogen functional groups attached to an aromatic ring is 1. The molecule has 5 nitrogen and oxygen atoms in total. The number of rotatable bonds is 1. The summed E-state index contributed by atoms with van der Waals surface area (Å²) < 4.78 is 0. The van der Waals surface area contributed by atoms with E-state index < -0.39 is 0 Å². The molecule has 0 amide bonds. The van der Waals surface area contributed by atoms with Crippen molar-refractivity contribution in [2.75, 3.05) is 5.73 Å². The molecule has 0 saturated heterocycles. The van der Waals surface area contributed by atoms with E-state index in [1.54, 1.807) is 6.20 Å². The number of nitrogens with zero attached hydrogens (tertiary/aromatic N) is 4. The van der Waals surface area contributed by atoms with Gasteiger partial charge in [-0.15, -0.1) is 0 Å². The van der Waals surface area contributed by atoms with E-state index in [-0.39, 0.29) is 11.2 Å². The lowest BCUT2D eigenvalue weighted by Crippen LogP contribution is -2.00. The van der Waals surface area contributed by atoms with Gasteiger partial charge in [-0.05, 0) is 23.7 Å². The highest BCUT2D eigenvalue weighted by molar-refractivity contribution is 6.28. The summed E-state index contributed by atoms with van der Waals surface area (Å²) in [5.74, 6) is 0.553. The van der Waals surface area contributed by atoms with Crippen LogP contribution >= 0.6 is 11.6 Å². The summed E-state index contributed by atoms with van der Waals surface area (Å²) in [6.07, 6.45) is 1.70. The van der Waals surface area contributed by atoms with Gasteiger partial charge in [-0.25, -0.2) is 0 Å². The molecule has 0 unspecified atom stereocenters. The number of para-hydroxylation sites is 1. The molecule has 0 radical (unpaired) electrons. The number of anilines is 1. The average Bonchev–Trinajstić information content (AvgIpc) is 2.37. The molecule has 18 heavy (non-hydrogen) atoms. The molecule has 3 aromatic rings. The maximum Gasteiger partial charge on any atom is 0.227 e. The van der Waals surface area contributed by atoms with Gasteiger partial charge in [0.2, 0.25) is 11.2 Å². The van der Waals surface area contributed by atoms with Crippen LogP contribution in [0, 0.1) is 0 Å². The number of aromatic nitrogens is 4. The van der Waals surface area contributed by atoms with Crippen molar-refractivity contribution in [3.8, 4) is 11.4 Å². The zero-order valence-electron chi connectivity index (χ0n) is 9.21. The second-order valence-electron chi connectivity index (χ2n) is 3.66. The molecular formula is C12H8ClN5. The molecule has 0 bridgehead atoms. The van der Waals surface area contributed by atoms with Gasteiger partial charge in [0.25, 0.3) is 0 Å². The second-order valence-corrected chi connectivity index (χ2v) is 4.00. The fourth-order valence-corrected chi connectivity index (χ4v) is 1.94. The van der Waals surface area contributed by atoms with Crippen molar-refractivity contribution in [2.24, 2.45) is 0 Å². The van der Waals surface area contributed by atoms with Gasteiger partial charge in [0, 0.05) is 17.1 Å². The second kappa shape index (κ2) is 4.19. The lowest BCUT2D eigenvalue weighted by molar-refractivity contribution is 1.07. The molecule has 0 atom stereocenters. The Kier molecular flexibility index (Phi) is 2.53. The van der Waals surface area contributed by atoms with Crippen LogP contribution in [0.5, 0.6) is 0 Å². The van der Waals surface area contributed by atoms with Crippen LogP contribution in [0.3, 0.4) is 0 Å². The van der Waals surface area contributed by atoms with Crippen molar-refractivity contribution in [1.82, 2.24) is 19.9 Å². The van der Waals surface area contributed by atoms with Gasteiger partial charge < -0.3 is 5.73 Å². The van der Waals surface area contributed by atoms with Gasteiger partial charge in [-0.3, -0.25) is 4.98 Å². The Labute approximate surface area is 108 Å². The first kappa shape index (κ1) is 10.9. The van der Waals surface area contributed by atoms with Crippen molar-refractivity contribution in [3.63, 3.8) is 0 Å². The van der Waals surface area contributed by atoms with E-state index in [2.05, 4.69) is 19.9 Å². The number of halogens is 1. The van der Waals surface area contributed by atoms with Crippen LogP contribution in [0.25, 0.3) is 22.3 Å². The zero-order valence-corrected chi connectivity index (χ0v) is 9.96. The van der Waals surface area contributed by atoms with E-state index in [9.17, 15) is 0 Å². The third kappa shape index (κ3) is 1.84. The normalized spacial score (nSPS) is 10.7. The summed E-state index contributed by atoms with van der Waals surface area (Å²) in [5, 5.41) is 1.03. The molecule has 0 aliphatic rings. The van der Waals surface area contributed by atoms with E-state index in [1.807, 2.05) is 30.3 Å². The number of fused-ring (bicyclic) bond motifs is 1. The topological polar surface area (TPSA) is 77.6 Å². The van der Waals surface area contributed by atoms with Crippen molar-refractivity contribution in [1.29, 1.82) is 0 Å². The Hall–Kier alpha value is -2.27. The minimum atomic E-state index is 0.0818. The Bertz CT molecular complexity index is 703. The average molecular weight is 258 g/mol. The molecule has 2 aromatic heterocycles. The molecule has 0 aliphatic heterocycles. The van der Waals surface area contributed by atoms with E-state index in [4.69, 9.17) is 17.3 Å². The summed E-state index contributed by atoms with van der Waals surface area (Å²) >= 11 is 5.79. The first-order valence-electron chi connectivity index (χ1n) is 5.25. The summed E-state index contributed by atoms with van der Waals surface area (Å²) in [6, 6.07) is 9.55. The first-order chi connectivity index (χ1) is 8.74. The summed E-state index contributed by atoms with van der Waals surface area (Å²) in [7, 11) is 0. The van der Waals surface area contributed by atoms with Crippen LogP contribution in [0.1, 0.15) is 0 Å². The molecule has 0 aliphatic carbocycles. The zero-order chi connectivity index (χ0) is 12.5. The molecule has 2 heterocycles. The molecule has 0 saturated carbocycles. The van der Waals surface area contributed by atoms with Gasteiger partial charge in [0.05, 0.1) is 5.52 Å². The maximum atomic E-state index is 5.79. The number of hydrogen-bond donors (Lipinski definition) is 1. The molecule has 3 rings (SSSR count). The van der Waals surface area contributed by atoms with Crippen LogP contribution in [0.2, 0.25) is 5.28 Å². The number of benzene rings is 1. The maximum absolute atomic E-state index is 5.79. The van der Waals surface area contributed by atoms with Crippen LogP contribution in [-0.4, -0.2) is 19.9 Å². The minimum absolute atomic E-state index is 0.0818. The van der Waals surface area contributed by atoms with Crippen molar-refractivity contribution in [3.05, 3.63) is 41.8 Å². The SMILES string of the molecule is Nc1nc(Cl)nc(-c2ccnc3ccccc23)n1. The van der Waals surface area contributed by atoms with Crippen molar-refractivity contribution < 1.29 is 0 Å². The fourth-order valence-electron chi connectivity index (χ4n) is 1.78. The summed E-state index contributed by atoms with van der Waals surface area (Å²) in [5.41, 5.74) is 7.27. The minimum Gasteiger partial charge on any atom is -0.368 e. The molecule has 0 fully saturated rings. The highest BCUT2D eigenvalue weighted by Gasteiger charge is 2.09. The first-order valence-corrected chi connectivity index (χ1v) is 5.63. The third-order valence-electron chi connectivity index (χ3n) is 2.52. The van der Waals surface area contributed by atoms with Gasteiger partial charge in [-0.2, -0.15) is 15.0 Å². The molecule has 0 spiro atoms. The van der Waals surface area contributed by atoms with Crippen molar-refractivity contribution >= 4 is 28.5 Å². The van der Waals surface area contributed by atoms with Gasteiger partial charge >= 0.3 is 0 Å². The van der Waals surface area contributed by atoms with Gasteiger partial charge in [0.1, 0.15) is 0 Å². The standard InChI is InChI=1S/C12H8ClN5/c13-11-16-10(17-12(14)18-11)8-5-6-15-9-4-2-1-3-7(8)9/h1-6H,(H2,14,16,17,18). The molecule has 88 valence electrons. The quantitative estimate of drug-likeness (QED) is 0.724. The van der Waals surface area contributed by atoms with E-state index in [0.717, 1.165) is 16.5 Å². The van der Waals surface area contributed by atoms with E-state index in [0.29, 0.717) is 5.82 Å². The van der Waals surface area contributed by atoms with Gasteiger partial charge in [-0.1, -0.05) is 18.2 Å². The number of hydrogen-bond acceptors (Lipinski definition) is 5. The van der Waals surface area contributed by atoms with E-state index in [1.165, 1.54) is 0 Å². The smallest absolute Gasteiger partial charge is 0.227 e. The molecule has 2 N–H and O–H groups in total. The van der Waals surface area contributed by atoms with Crippen LogP contribution in [-0.2, 0) is 0 Å².